The number of aromatic amines is 1. The summed E-state index contributed by atoms with van der Waals surface area (Å²) in [5.74, 6) is 0.713. The SMILES string of the molecule is O=S(=O)(NCCN1CCC(c2c[nH]c3ccc(O)cc23)CC1)c1cccc2cccnc12. The van der Waals surface area contributed by atoms with Crippen molar-refractivity contribution in [3.05, 3.63) is 66.5 Å². The number of nitrogens with one attached hydrogen (secondary N) is 2. The van der Waals surface area contributed by atoms with E-state index < -0.39 is 10.0 Å². The summed E-state index contributed by atoms with van der Waals surface area (Å²) < 4.78 is 28.4. The first-order valence-electron chi connectivity index (χ1n) is 10.9. The summed E-state index contributed by atoms with van der Waals surface area (Å²) in [7, 11) is -3.63. The van der Waals surface area contributed by atoms with E-state index in [1.165, 1.54) is 5.56 Å². The molecule has 1 fully saturated rings. The molecular formula is C24H26N4O3S. The highest BCUT2D eigenvalue weighted by molar-refractivity contribution is 7.89. The van der Waals surface area contributed by atoms with E-state index in [1.54, 1.807) is 30.5 Å². The van der Waals surface area contributed by atoms with Crippen molar-refractivity contribution in [1.82, 2.24) is 19.6 Å². The third-order valence-electron chi connectivity index (χ3n) is 6.33. The summed E-state index contributed by atoms with van der Waals surface area (Å²) in [5.41, 5.74) is 2.78. The maximum atomic E-state index is 12.9. The number of likely N-dealkylation sites (tertiary alicyclic amines) is 1. The number of nitrogens with zero attached hydrogens (tertiary/aromatic N) is 2. The molecule has 5 rings (SSSR count). The number of hydrogen-bond donors (Lipinski definition) is 3. The number of aromatic nitrogens is 2. The number of sulfonamides is 1. The molecule has 0 atom stereocenters. The summed E-state index contributed by atoms with van der Waals surface area (Å²) in [6.45, 7) is 2.84. The predicted octanol–water partition coefficient (Wildman–Crippen LogP) is 3.58. The normalized spacial score (nSPS) is 16.1. The van der Waals surface area contributed by atoms with Crippen LogP contribution in [0, 0.1) is 0 Å². The van der Waals surface area contributed by atoms with Gasteiger partial charge in [-0.25, -0.2) is 13.1 Å². The van der Waals surface area contributed by atoms with Crippen LogP contribution < -0.4 is 4.72 Å². The molecule has 0 amide bonds. The average Bonchev–Trinajstić information content (AvgIpc) is 3.22. The molecule has 0 bridgehead atoms. The standard InChI is InChI=1S/C24H26N4O3S/c29-19-6-7-22-20(15-19)21(16-26-22)17-8-12-28(13-9-17)14-11-27-32(30,31)23-5-1-3-18-4-2-10-25-24(18)23/h1-7,10,15-17,26-27,29H,8-9,11-14H2. The van der Waals surface area contributed by atoms with Crippen molar-refractivity contribution in [2.45, 2.75) is 23.7 Å². The van der Waals surface area contributed by atoms with Crippen LogP contribution in [0.15, 0.2) is 65.8 Å². The van der Waals surface area contributed by atoms with Crippen molar-refractivity contribution in [3.8, 4) is 5.75 Å². The van der Waals surface area contributed by atoms with E-state index >= 15 is 0 Å². The first-order valence-corrected chi connectivity index (χ1v) is 12.4. The van der Waals surface area contributed by atoms with Gasteiger partial charge in [0.25, 0.3) is 0 Å². The monoisotopic (exact) mass is 450 g/mol. The first-order chi connectivity index (χ1) is 15.5. The molecule has 1 aliphatic rings. The highest BCUT2D eigenvalue weighted by atomic mass is 32.2. The predicted molar refractivity (Wildman–Crippen MR) is 125 cm³/mol. The molecule has 3 heterocycles. The van der Waals surface area contributed by atoms with Gasteiger partial charge in [-0.15, -0.1) is 0 Å². The number of piperidine rings is 1. The lowest BCUT2D eigenvalue weighted by Gasteiger charge is -2.32. The Morgan fingerprint density at radius 1 is 1.12 bits per heavy atom. The van der Waals surface area contributed by atoms with E-state index in [9.17, 15) is 13.5 Å². The smallest absolute Gasteiger partial charge is 0.242 e. The molecule has 0 saturated carbocycles. The van der Waals surface area contributed by atoms with Crippen molar-refractivity contribution in [2.75, 3.05) is 26.2 Å². The maximum absolute atomic E-state index is 12.9. The van der Waals surface area contributed by atoms with Gasteiger partial charge in [-0.05, 0) is 67.7 Å². The van der Waals surface area contributed by atoms with Gasteiger partial charge in [0.15, 0.2) is 0 Å². The zero-order valence-electron chi connectivity index (χ0n) is 17.7. The topological polar surface area (TPSA) is 98.3 Å². The summed E-state index contributed by atoms with van der Waals surface area (Å²) in [6.07, 6.45) is 5.67. The molecule has 0 spiro atoms. The zero-order valence-corrected chi connectivity index (χ0v) is 18.5. The Labute approximate surface area is 187 Å². The van der Waals surface area contributed by atoms with Crippen LogP contribution >= 0.6 is 0 Å². The Balaban J connectivity index is 1.18. The van der Waals surface area contributed by atoms with Crippen molar-refractivity contribution in [2.24, 2.45) is 0 Å². The molecule has 32 heavy (non-hydrogen) atoms. The van der Waals surface area contributed by atoms with Gasteiger partial charge < -0.3 is 15.0 Å². The van der Waals surface area contributed by atoms with Crippen LogP contribution in [0.5, 0.6) is 5.75 Å². The maximum Gasteiger partial charge on any atom is 0.242 e. The van der Waals surface area contributed by atoms with Gasteiger partial charge in [0, 0.05) is 41.8 Å². The molecule has 7 nitrogen and oxygen atoms in total. The van der Waals surface area contributed by atoms with Crippen molar-refractivity contribution in [1.29, 1.82) is 0 Å². The van der Waals surface area contributed by atoms with Crippen LogP contribution in [0.1, 0.15) is 24.3 Å². The summed E-state index contributed by atoms with van der Waals surface area (Å²) in [4.78, 5) is 10.1. The molecule has 8 heteroatoms. The number of rotatable bonds is 6. The third-order valence-corrected chi connectivity index (χ3v) is 7.82. The molecule has 4 aromatic rings. The number of para-hydroxylation sites is 1. The largest absolute Gasteiger partial charge is 0.508 e. The number of fused-ring (bicyclic) bond motifs is 2. The van der Waals surface area contributed by atoms with E-state index in [0.29, 0.717) is 24.5 Å². The van der Waals surface area contributed by atoms with Gasteiger partial charge in [-0.3, -0.25) is 4.98 Å². The Hall–Kier alpha value is -2.94. The average molecular weight is 451 g/mol. The van der Waals surface area contributed by atoms with Gasteiger partial charge in [0.05, 0.1) is 5.52 Å². The number of benzene rings is 2. The van der Waals surface area contributed by atoms with Gasteiger partial charge >= 0.3 is 0 Å². The summed E-state index contributed by atoms with van der Waals surface area (Å²) >= 11 is 0. The first kappa shape index (κ1) is 20.9. The molecule has 2 aromatic heterocycles. The number of hydrogen-bond acceptors (Lipinski definition) is 5. The van der Waals surface area contributed by atoms with Gasteiger partial charge in [-0.1, -0.05) is 18.2 Å². The number of phenols is 1. The number of phenolic OH excluding ortho intramolecular Hbond substituents is 1. The third kappa shape index (κ3) is 4.09. The second-order valence-electron chi connectivity index (χ2n) is 8.32. The highest BCUT2D eigenvalue weighted by Crippen LogP contribution is 2.34. The zero-order chi connectivity index (χ0) is 22.1. The lowest BCUT2D eigenvalue weighted by Crippen LogP contribution is -2.39. The minimum absolute atomic E-state index is 0.219. The molecule has 166 valence electrons. The van der Waals surface area contributed by atoms with Crippen LogP contribution in [0.2, 0.25) is 0 Å². The second kappa shape index (κ2) is 8.54. The van der Waals surface area contributed by atoms with E-state index in [2.05, 4.69) is 25.8 Å². The Kier molecular flexibility index (Phi) is 5.58. The van der Waals surface area contributed by atoms with Crippen LogP contribution in [0.3, 0.4) is 0 Å². The van der Waals surface area contributed by atoms with Crippen LogP contribution in [-0.2, 0) is 10.0 Å². The summed E-state index contributed by atoms with van der Waals surface area (Å²) in [6, 6.07) is 14.3. The lowest BCUT2D eigenvalue weighted by molar-refractivity contribution is 0.216. The Bertz CT molecular complexity index is 1350. The molecule has 0 unspecified atom stereocenters. The van der Waals surface area contributed by atoms with E-state index in [0.717, 1.165) is 42.2 Å². The minimum atomic E-state index is -3.63. The van der Waals surface area contributed by atoms with Crippen LogP contribution in [0.25, 0.3) is 21.8 Å². The van der Waals surface area contributed by atoms with Crippen LogP contribution in [0.4, 0.5) is 0 Å². The lowest BCUT2D eigenvalue weighted by atomic mass is 9.89. The number of pyridine rings is 1. The number of aromatic hydroxyl groups is 1. The fourth-order valence-corrected chi connectivity index (χ4v) is 5.84. The molecule has 1 saturated heterocycles. The van der Waals surface area contributed by atoms with Crippen molar-refractivity contribution in [3.63, 3.8) is 0 Å². The minimum Gasteiger partial charge on any atom is -0.508 e. The molecular weight excluding hydrogens is 424 g/mol. The van der Waals surface area contributed by atoms with E-state index in [-0.39, 0.29) is 10.6 Å². The second-order valence-corrected chi connectivity index (χ2v) is 10.1. The molecule has 0 radical (unpaired) electrons. The Morgan fingerprint density at radius 2 is 1.94 bits per heavy atom. The quantitative estimate of drug-likeness (QED) is 0.417. The molecule has 1 aliphatic heterocycles. The fourth-order valence-electron chi connectivity index (χ4n) is 4.64. The van der Waals surface area contributed by atoms with Gasteiger partial charge in [0.2, 0.25) is 10.0 Å². The van der Waals surface area contributed by atoms with Gasteiger partial charge in [-0.2, -0.15) is 0 Å². The van der Waals surface area contributed by atoms with Crippen LogP contribution in [-0.4, -0.2) is 54.6 Å². The van der Waals surface area contributed by atoms with E-state index in [1.807, 2.05) is 24.3 Å². The highest BCUT2D eigenvalue weighted by Gasteiger charge is 2.24. The summed E-state index contributed by atoms with van der Waals surface area (Å²) in [5, 5.41) is 11.7. The van der Waals surface area contributed by atoms with E-state index in [4.69, 9.17) is 0 Å². The molecule has 0 aliphatic carbocycles. The van der Waals surface area contributed by atoms with Crippen molar-refractivity contribution >= 4 is 31.8 Å². The van der Waals surface area contributed by atoms with Gasteiger partial charge in [0.1, 0.15) is 10.6 Å². The fraction of sp³-hybridized carbons (Fsp3) is 0.292. The number of H-pyrrole nitrogens is 1. The Morgan fingerprint density at radius 3 is 2.78 bits per heavy atom. The molecule has 3 N–H and O–H groups in total. The molecule has 2 aromatic carbocycles. The van der Waals surface area contributed by atoms with Crippen molar-refractivity contribution < 1.29 is 13.5 Å².